The number of ether oxygens (including phenoxy) is 1. The van der Waals surface area contributed by atoms with Crippen molar-refractivity contribution in [2.24, 2.45) is 0 Å². The molecule has 0 amide bonds. The first-order chi connectivity index (χ1) is 7.63. The summed E-state index contributed by atoms with van der Waals surface area (Å²) in [6.07, 6.45) is 2.17. The Bertz CT molecular complexity index is 377. The van der Waals surface area contributed by atoms with Gasteiger partial charge < -0.3 is 9.84 Å². The largest absolute Gasteiger partial charge is 0.494 e. The maximum atomic E-state index is 10.5. The minimum atomic E-state index is -0.927. The second-order valence-corrected chi connectivity index (χ2v) is 3.54. The molecule has 1 N–H and O–H groups in total. The van der Waals surface area contributed by atoms with Gasteiger partial charge in [-0.1, -0.05) is 19.1 Å². The van der Waals surface area contributed by atoms with Crippen LogP contribution in [0.4, 0.5) is 0 Å². The van der Waals surface area contributed by atoms with Crippen molar-refractivity contribution in [3.8, 4) is 5.75 Å². The Hall–Kier alpha value is -1.77. The fraction of sp³-hybridized carbons (Fsp3) is 0.308. The molecule has 0 saturated heterocycles. The zero-order chi connectivity index (χ0) is 12.0. The number of allylic oxidation sites excluding steroid dienone is 1. The summed E-state index contributed by atoms with van der Waals surface area (Å²) in [6, 6.07) is 7.42. The van der Waals surface area contributed by atoms with Crippen LogP contribution in [-0.2, 0) is 4.79 Å². The van der Waals surface area contributed by atoms with Gasteiger partial charge in [0.05, 0.1) is 6.61 Å². The van der Waals surface area contributed by atoms with Gasteiger partial charge in [0.2, 0.25) is 0 Å². The number of rotatable bonds is 5. The van der Waals surface area contributed by atoms with Crippen LogP contribution < -0.4 is 4.74 Å². The molecule has 16 heavy (non-hydrogen) atoms. The van der Waals surface area contributed by atoms with Crippen molar-refractivity contribution in [1.29, 1.82) is 0 Å². The highest BCUT2D eigenvalue weighted by Crippen LogP contribution is 2.18. The van der Waals surface area contributed by atoms with Gasteiger partial charge >= 0.3 is 5.97 Å². The highest BCUT2D eigenvalue weighted by Gasteiger charge is 1.99. The summed E-state index contributed by atoms with van der Waals surface area (Å²) < 4.78 is 5.44. The van der Waals surface area contributed by atoms with Crippen LogP contribution in [0.3, 0.4) is 0 Å². The minimum Gasteiger partial charge on any atom is -0.494 e. The van der Waals surface area contributed by atoms with Crippen molar-refractivity contribution >= 4 is 11.5 Å². The molecular weight excluding hydrogens is 204 g/mol. The molecule has 0 bridgehead atoms. The lowest BCUT2D eigenvalue weighted by atomic mass is 10.1. The van der Waals surface area contributed by atoms with Gasteiger partial charge in [-0.25, -0.2) is 4.79 Å². The van der Waals surface area contributed by atoms with E-state index in [0.717, 1.165) is 23.3 Å². The van der Waals surface area contributed by atoms with Crippen LogP contribution in [0.25, 0.3) is 5.57 Å². The van der Waals surface area contributed by atoms with Crippen molar-refractivity contribution in [3.05, 3.63) is 35.9 Å². The second-order valence-electron chi connectivity index (χ2n) is 3.54. The quantitative estimate of drug-likeness (QED) is 0.776. The monoisotopic (exact) mass is 220 g/mol. The second kappa shape index (κ2) is 5.95. The van der Waals surface area contributed by atoms with Gasteiger partial charge in [0.1, 0.15) is 5.75 Å². The SMILES string of the molecule is CCCOc1ccc(/C(C)=C/C(=O)O)cc1. The lowest BCUT2D eigenvalue weighted by Gasteiger charge is -2.05. The van der Waals surface area contributed by atoms with E-state index in [9.17, 15) is 4.79 Å². The Kier molecular flexibility index (Phi) is 4.58. The first-order valence-electron chi connectivity index (χ1n) is 5.28. The van der Waals surface area contributed by atoms with Gasteiger partial charge in [0.25, 0.3) is 0 Å². The molecule has 0 aromatic heterocycles. The number of aliphatic carboxylic acids is 1. The standard InChI is InChI=1S/C13H16O3/c1-3-8-16-12-6-4-11(5-7-12)10(2)9-13(14)15/h4-7,9H,3,8H2,1-2H3,(H,14,15)/b10-9+. The average molecular weight is 220 g/mol. The van der Waals surface area contributed by atoms with Gasteiger partial charge in [0.15, 0.2) is 0 Å². The number of carboxylic acids is 1. The molecule has 1 aromatic rings. The summed E-state index contributed by atoms with van der Waals surface area (Å²) in [5.74, 6) is -0.113. The highest BCUT2D eigenvalue weighted by atomic mass is 16.5. The molecule has 0 radical (unpaired) electrons. The third kappa shape index (κ3) is 3.77. The van der Waals surface area contributed by atoms with Crippen LogP contribution >= 0.6 is 0 Å². The molecule has 86 valence electrons. The third-order valence-corrected chi connectivity index (χ3v) is 2.12. The molecule has 0 heterocycles. The van der Waals surface area contributed by atoms with Crippen LogP contribution in [0.2, 0.25) is 0 Å². The topological polar surface area (TPSA) is 46.5 Å². The zero-order valence-corrected chi connectivity index (χ0v) is 9.56. The molecule has 1 rings (SSSR count). The number of hydrogen-bond acceptors (Lipinski definition) is 2. The van der Waals surface area contributed by atoms with E-state index < -0.39 is 5.97 Å². The van der Waals surface area contributed by atoms with E-state index in [1.54, 1.807) is 6.92 Å². The summed E-state index contributed by atoms with van der Waals surface area (Å²) in [5, 5.41) is 8.61. The number of carbonyl (C=O) groups is 1. The van der Waals surface area contributed by atoms with Gasteiger partial charge in [-0.15, -0.1) is 0 Å². The highest BCUT2D eigenvalue weighted by molar-refractivity contribution is 5.89. The van der Waals surface area contributed by atoms with Crippen LogP contribution in [0.15, 0.2) is 30.3 Å². The number of hydrogen-bond donors (Lipinski definition) is 1. The van der Waals surface area contributed by atoms with E-state index in [4.69, 9.17) is 9.84 Å². The minimum absolute atomic E-state index is 0.698. The Morgan fingerprint density at radius 2 is 2.00 bits per heavy atom. The van der Waals surface area contributed by atoms with E-state index in [2.05, 4.69) is 0 Å². The number of benzene rings is 1. The van der Waals surface area contributed by atoms with Gasteiger partial charge in [-0.05, 0) is 36.6 Å². The molecule has 0 fully saturated rings. The van der Waals surface area contributed by atoms with Crippen molar-refractivity contribution < 1.29 is 14.6 Å². The first-order valence-corrected chi connectivity index (χ1v) is 5.28. The summed E-state index contributed by atoms with van der Waals surface area (Å²) in [6.45, 7) is 4.52. The molecular formula is C13H16O3. The third-order valence-electron chi connectivity index (χ3n) is 2.12. The van der Waals surface area contributed by atoms with E-state index in [0.29, 0.717) is 6.61 Å². The van der Waals surface area contributed by atoms with E-state index in [-0.39, 0.29) is 0 Å². The van der Waals surface area contributed by atoms with Gasteiger partial charge in [0, 0.05) is 6.08 Å². The average Bonchev–Trinajstić information content (AvgIpc) is 2.26. The van der Waals surface area contributed by atoms with E-state index in [1.807, 2.05) is 31.2 Å². The molecule has 0 saturated carbocycles. The van der Waals surface area contributed by atoms with Crippen molar-refractivity contribution in [2.75, 3.05) is 6.61 Å². The van der Waals surface area contributed by atoms with Crippen LogP contribution in [0.1, 0.15) is 25.8 Å². The Balaban J connectivity index is 2.74. The fourth-order valence-electron chi connectivity index (χ4n) is 1.30. The Morgan fingerprint density at radius 3 is 2.50 bits per heavy atom. The van der Waals surface area contributed by atoms with Gasteiger partial charge in [-0.2, -0.15) is 0 Å². The molecule has 0 aliphatic rings. The number of carboxylic acid groups (broad SMARTS) is 1. The molecule has 1 aromatic carbocycles. The van der Waals surface area contributed by atoms with Crippen molar-refractivity contribution in [3.63, 3.8) is 0 Å². The smallest absolute Gasteiger partial charge is 0.328 e. The molecule has 3 heteroatoms. The first kappa shape index (κ1) is 12.3. The normalized spacial score (nSPS) is 11.2. The maximum Gasteiger partial charge on any atom is 0.328 e. The summed E-state index contributed by atoms with van der Waals surface area (Å²) in [7, 11) is 0. The predicted octanol–water partition coefficient (Wildman–Crippen LogP) is 2.96. The lowest BCUT2D eigenvalue weighted by molar-refractivity contribution is -0.131. The maximum absolute atomic E-state index is 10.5. The van der Waals surface area contributed by atoms with Crippen LogP contribution in [-0.4, -0.2) is 17.7 Å². The van der Waals surface area contributed by atoms with E-state index in [1.165, 1.54) is 6.08 Å². The molecule has 3 nitrogen and oxygen atoms in total. The van der Waals surface area contributed by atoms with Crippen LogP contribution in [0, 0.1) is 0 Å². The summed E-state index contributed by atoms with van der Waals surface area (Å²) in [5.41, 5.74) is 1.63. The lowest BCUT2D eigenvalue weighted by Crippen LogP contribution is -1.95. The van der Waals surface area contributed by atoms with Crippen molar-refractivity contribution in [2.45, 2.75) is 20.3 Å². The van der Waals surface area contributed by atoms with Crippen LogP contribution in [0.5, 0.6) is 5.75 Å². The molecule has 0 aliphatic carbocycles. The summed E-state index contributed by atoms with van der Waals surface area (Å²) >= 11 is 0. The van der Waals surface area contributed by atoms with Gasteiger partial charge in [-0.3, -0.25) is 0 Å². The van der Waals surface area contributed by atoms with E-state index >= 15 is 0 Å². The Morgan fingerprint density at radius 1 is 1.38 bits per heavy atom. The molecule has 0 spiro atoms. The summed E-state index contributed by atoms with van der Waals surface area (Å²) in [4.78, 5) is 10.5. The Labute approximate surface area is 95.4 Å². The fourth-order valence-corrected chi connectivity index (χ4v) is 1.30. The molecule has 0 aliphatic heterocycles. The predicted molar refractivity (Wildman–Crippen MR) is 63.5 cm³/mol. The van der Waals surface area contributed by atoms with Crippen molar-refractivity contribution in [1.82, 2.24) is 0 Å². The molecule has 0 atom stereocenters. The molecule has 0 unspecified atom stereocenters. The zero-order valence-electron chi connectivity index (χ0n) is 9.56.